The van der Waals surface area contributed by atoms with Gasteiger partial charge < -0.3 is 4.90 Å². The number of piperidine rings is 1. The zero-order valence-corrected chi connectivity index (χ0v) is 20.5. The maximum atomic E-state index is 13.6. The normalized spacial score (nSPS) is 13.8. The van der Waals surface area contributed by atoms with Crippen LogP contribution in [-0.2, 0) is 5.75 Å². The number of nitrogens with zero attached hydrogens (tertiary/aromatic N) is 3. The molecule has 1 aromatic heterocycles. The van der Waals surface area contributed by atoms with Crippen molar-refractivity contribution in [1.29, 1.82) is 0 Å². The first-order chi connectivity index (χ1) is 17.0. The molecule has 4 aromatic rings. The van der Waals surface area contributed by atoms with E-state index in [2.05, 4.69) is 0 Å². The first kappa shape index (κ1) is 23.6. The molecule has 35 heavy (non-hydrogen) atoms. The quantitative estimate of drug-likeness (QED) is 0.242. The second-order valence-corrected chi connectivity index (χ2v) is 9.83. The average molecular weight is 508 g/mol. The van der Waals surface area contributed by atoms with Crippen molar-refractivity contribution >= 4 is 40.2 Å². The Labute approximate surface area is 211 Å². The molecule has 0 N–H and O–H groups in total. The molecule has 3 aromatic carbocycles. The van der Waals surface area contributed by atoms with Gasteiger partial charge in [0.2, 0.25) is 0 Å². The Balaban J connectivity index is 1.59. The fraction of sp³-hybridized carbons (Fsp3) is 0.222. The molecule has 0 atom stereocenters. The molecule has 8 heteroatoms. The smallest absolute Gasteiger partial charge is 0.266 e. The summed E-state index contributed by atoms with van der Waals surface area (Å²) in [6.07, 6.45) is 3.14. The Bertz CT molecular complexity index is 1450. The first-order valence-corrected chi connectivity index (χ1v) is 12.9. The van der Waals surface area contributed by atoms with Crippen LogP contribution in [0.5, 0.6) is 0 Å². The van der Waals surface area contributed by atoms with E-state index in [0.29, 0.717) is 38.1 Å². The molecule has 5 rings (SSSR count). The summed E-state index contributed by atoms with van der Waals surface area (Å²) in [5.41, 5.74) is 2.13. The number of rotatable bonds is 5. The number of hydrogen-bond donors (Lipinski definition) is 0. The van der Waals surface area contributed by atoms with E-state index in [0.717, 1.165) is 37.9 Å². The molecule has 178 valence electrons. The fourth-order valence-corrected chi connectivity index (χ4v) is 5.55. The van der Waals surface area contributed by atoms with Crippen LogP contribution in [0.3, 0.4) is 0 Å². The fourth-order valence-electron chi connectivity index (χ4n) is 4.25. The highest BCUT2D eigenvalue weighted by Crippen LogP contribution is 2.28. The van der Waals surface area contributed by atoms with Crippen molar-refractivity contribution in [2.24, 2.45) is 0 Å². The maximum absolute atomic E-state index is 13.6. The highest BCUT2D eigenvalue weighted by atomic mass is 35.5. The van der Waals surface area contributed by atoms with Crippen LogP contribution in [0.4, 0.5) is 4.39 Å². The molecule has 0 radical (unpaired) electrons. The second kappa shape index (κ2) is 10.2. The van der Waals surface area contributed by atoms with Crippen molar-refractivity contribution in [3.05, 3.63) is 99.1 Å². The van der Waals surface area contributed by atoms with Gasteiger partial charge in [0.15, 0.2) is 5.16 Å². The summed E-state index contributed by atoms with van der Waals surface area (Å²) >= 11 is 7.70. The van der Waals surface area contributed by atoms with Gasteiger partial charge in [0, 0.05) is 29.4 Å². The third kappa shape index (κ3) is 4.97. The zero-order valence-electron chi connectivity index (χ0n) is 18.9. The molecule has 2 heterocycles. The van der Waals surface area contributed by atoms with E-state index in [9.17, 15) is 14.0 Å². The monoisotopic (exact) mass is 507 g/mol. The van der Waals surface area contributed by atoms with Crippen molar-refractivity contribution in [2.45, 2.75) is 30.2 Å². The molecule has 0 spiro atoms. The number of hydrogen-bond acceptors (Lipinski definition) is 4. The minimum Gasteiger partial charge on any atom is -0.339 e. The third-order valence-electron chi connectivity index (χ3n) is 6.13. The Morgan fingerprint density at radius 1 is 1.00 bits per heavy atom. The van der Waals surface area contributed by atoms with Crippen LogP contribution in [0.15, 0.2) is 76.7 Å². The van der Waals surface area contributed by atoms with Gasteiger partial charge >= 0.3 is 0 Å². The number of halogens is 2. The predicted molar refractivity (Wildman–Crippen MR) is 138 cm³/mol. The molecule has 5 nitrogen and oxygen atoms in total. The number of likely N-dealkylation sites (tertiary alicyclic amines) is 1. The van der Waals surface area contributed by atoms with Gasteiger partial charge in [-0.05, 0) is 73.4 Å². The Kier molecular flexibility index (Phi) is 6.88. The van der Waals surface area contributed by atoms with Crippen LogP contribution < -0.4 is 5.56 Å². The highest BCUT2D eigenvalue weighted by Gasteiger charge is 2.20. The van der Waals surface area contributed by atoms with Gasteiger partial charge in [-0.25, -0.2) is 9.37 Å². The van der Waals surface area contributed by atoms with E-state index in [1.165, 1.54) is 28.5 Å². The lowest BCUT2D eigenvalue weighted by Gasteiger charge is -2.26. The summed E-state index contributed by atoms with van der Waals surface area (Å²) in [4.78, 5) is 33.3. The van der Waals surface area contributed by atoms with Gasteiger partial charge in [-0.3, -0.25) is 14.2 Å². The lowest BCUT2D eigenvalue weighted by Crippen LogP contribution is -2.35. The van der Waals surface area contributed by atoms with E-state index in [-0.39, 0.29) is 17.3 Å². The van der Waals surface area contributed by atoms with E-state index < -0.39 is 0 Å². The molecule has 1 aliphatic rings. The summed E-state index contributed by atoms with van der Waals surface area (Å²) in [5, 5.41) is 1.47. The van der Waals surface area contributed by atoms with Crippen molar-refractivity contribution in [1.82, 2.24) is 14.5 Å². The summed E-state index contributed by atoms with van der Waals surface area (Å²) in [6, 6.07) is 18.3. The number of thioether (sulfide) groups is 1. The molecule has 1 aliphatic heterocycles. The number of aromatic nitrogens is 2. The summed E-state index contributed by atoms with van der Waals surface area (Å²) in [7, 11) is 0. The molecule has 0 aliphatic carbocycles. The van der Waals surface area contributed by atoms with Crippen LogP contribution in [0.2, 0.25) is 5.02 Å². The van der Waals surface area contributed by atoms with Crippen molar-refractivity contribution in [3.63, 3.8) is 0 Å². The number of carbonyl (C=O) groups excluding carboxylic acids is 1. The van der Waals surface area contributed by atoms with Gasteiger partial charge in [-0.1, -0.05) is 41.6 Å². The SMILES string of the molecule is O=C(c1ccc2c(=O)n(-c3ccc(F)cc3)c(SCc3ccccc3Cl)nc2c1)N1CCCCC1. The third-order valence-corrected chi connectivity index (χ3v) is 7.48. The van der Waals surface area contributed by atoms with E-state index >= 15 is 0 Å². The van der Waals surface area contributed by atoms with Crippen LogP contribution >= 0.6 is 23.4 Å². The summed E-state index contributed by atoms with van der Waals surface area (Å²) in [5.74, 6) is 0.0636. The summed E-state index contributed by atoms with van der Waals surface area (Å²) in [6.45, 7) is 1.49. The Morgan fingerprint density at radius 2 is 1.74 bits per heavy atom. The van der Waals surface area contributed by atoms with Gasteiger partial charge in [-0.2, -0.15) is 0 Å². The largest absolute Gasteiger partial charge is 0.339 e. The maximum Gasteiger partial charge on any atom is 0.266 e. The van der Waals surface area contributed by atoms with Crippen molar-refractivity contribution in [3.8, 4) is 5.69 Å². The standard InChI is InChI=1S/C27H23ClFN3O2S/c28-23-7-3-2-6-19(23)17-35-27-30-24-16-18(25(33)31-14-4-1-5-15-31)8-13-22(24)26(34)32(27)21-11-9-20(29)10-12-21/h2-3,6-13,16H,1,4-5,14-15,17H2. The second-order valence-electron chi connectivity index (χ2n) is 8.48. The Hall–Kier alpha value is -3.16. The number of amides is 1. The van der Waals surface area contributed by atoms with E-state index in [4.69, 9.17) is 16.6 Å². The van der Waals surface area contributed by atoms with Crippen LogP contribution in [0, 0.1) is 5.82 Å². The van der Waals surface area contributed by atoms with E-state index in [1.54, 1.807) is 30.3 Å². The van der Waals surface area contributed by atoms with Gasteiger partial charge in [0.05, 0.1) is 16.6 Å². The van der Waals surface area contributed by atoms with Crippen molar-refractivity contribution in [2.75, 3.05) is 13.1 Å². The molecule has 1 fully saturated rings. The minimum absolute atomic E-state index is 0.0404. The molecular formula is C27H23ClFN3O2S. The predicted octanol–water partition coefficient (Wildman–Crippen LogP) is 6.10. The molecular weight excluding hydrogens is 485 g/mol. The molecule has 0 bridgehead atoms. The molecule has 0 saturated carbocycles. The number of fused-ring (bicyclic) bond motifs is 1. The minimum atomic E-state index is -0.387. The van der Waals surface area contributed by atoms with Gasteiger partial charge in [0.25, 0.3) is 11.5 Å². The number of carbonyl (C=O) groups is 1. The van der Waals surface area contributed by atoms with Gasteiger partial charge in [-0.15, -0.1) is 0 Å². The summed E-state index contributed by atoms with van der Waals surface area (Å²) < 4.78 is 15.1. The van der Waals surface area contributed by atoms with Crippen molar-refractivity contribution < 1.29 is 9.18 Å². The topological polar surface area (TPSA) is 55.2 Å². The van der Waals surface area contributed by atoms with Crippen LogP contribution in [-0.4, -0.2) is 33.4 Å². The van der Waals surface area contributed by atoms with Gasteiger partial charge in [0.1, 0.15) is 5.82 Å². The Morgan fingerprint density at radius 3 is 2.49 bits per heavy atom. The number of benzene rings is 3. The highest BCUT2D eigenvalue weighted by molar-refractivity contribution is 7.98. The molecule has 0 unspecified atom stereocenters. The van der Waals surface area contributed by atoms with E-state index in [1.807, 2.05) is 29.2 Å². The van der Waals surface area contributed by atoms with Crippen LogP contribution in [0.1, 0.15) is 35.2 Å². The lowest BCUT2D eigenvalue weighted by molar-refractivity contribution is 0.0724. The molecule has 1 amide bonds. The zero-order chi connectivity index (χ0) is 24.4. The lowest BCUT2D eigenvalue weighted by atomic mass is 10.1. The van der Waals surface area contributed by atoms with Crippen LogP contribution in [0.25, 0.3) is 16.6 Å². The first-order valence-electron chi connectivity index (χ1n) is 11.5. The molecule has 1 saturated heterocycles. The average Bonchev–Trinajstić information content (AvgIpc) is 2.89.